The minimum absolute atomic E-state index is 0.0557. The molecule has 3 atom stereocenters. The van der Waals surface area contributed by atoms with Gasteiger partial charge in [-0.3, -0.25) is 19.2 Å². The summed E-state index contributed by atoms with van der Waals surface area (Å²) >= 11 is 0. The maximum Gasteiger partial charge on any atom is 0.323 e. The molecule has 1 aromatic rings. The number of nitrogens with one attached hydrogen (secondary N) is 1. The molecule has 1 N–H and O–H groups in total. The van der Waals surface area contributed by atoms with Crippen molar-refractivity contribution < 1.29 is 38.1 Å². The molecule has 0 bridgehead atoms. The highest BCUT2D eigenvalue weighted by Crippen LogP contribution is 2.31. The second-order valence-corrected chi connectivity index (χ2v) is 10.7. The molecule has 0 heterocycles. The Morgan fingerprint density at radius 3 is 1.84 bits per heavy atom. The van der Waals surface area contributed by atoms with Crippen molar-refractivity contribution in [1.82, 2.24) is 5.32 Å². The summed E-state index contributed by atoms with van der Waals surface area (Å²) in [5.41, 5.74) is 0.654. The minimum atomic E-state index is -0.740. The number of esters is 4. The van der Waals surface area contributed by atoms with Gasteiger partial charge in [-0.05, 0) is 41.9 Å². The molecule has 9 heteroatoms. The summed E-state index contributed by atoms with van der Waals surface area (Å²) in [6.45, 7) is 15.4. The molecule has 0 spiro atoms. The van der Waals surface area contributed by atoms with Crippen LogP contribution in [-0.4, -0.2) is 50.2 Å². The number of ether oxygens (including phenoxy) is 4. The van der Waals surface area contributed by atoms with Crippen molar-refractivity contribution in [3.8, 4) is 11.5 Å². The van der Waals surface area contributed by atoms with Crippen LogP contribution in [0.5, 0.6) is 11.5 Å². The topological polar surface area (TPSA) is 117 Å². The molecule has 1 aromatic carbocycles. The minimum Gasteiger partial charge on any atom is -0.468 e. The molecule has 0 aromatic heterocycles. The van der Waals surface area contributed by atoms with Crippen LogP contribution in [0.4, 0.5) is 0 Å². The van der Waals surface area contributed by atoms with E-state index in [0.717, 1.165) is 0 Å². The van der Waals surface area contributed by atoms with Gasteiger partial charge in [-0.15, -0.1) is 0 Å². The molecule has 214 valence electrons. The molecule has 1 rings (SSSR count). The SMILES string of the molecule is COC(=O)[C@H](Cc1ccc(OC(=O)C(C)C(C)C)c(OC(=O)C(C)C(C)C)c1)NCCOC(=O)CC(C)C. The smallest absolute Gasteiger partial charge is 0.323 e. The first-order chi connectivity index (χ1) is 17.8. The normalized spacial score (nSPS) is 13.7. The van der Waals surface area contributed by atoms with Gasteiger partial charge in [-0.25, -0.2) is 0 Å². The lowest BCUT2D eigenvalue weighted by atomic mass is 9.98. The first kappa shape index (κ1) is 33.1. The van der Waals surface area contributed by atoms with Crippen LogP contribution in [0, 0.1) is 29.6 Å². The van der Waals surface area contributed by atoms with E-state index in [0.29, 0.717) is 12.0 Å². The number of hydrogen-bond acceptors (Lipinski definition) is 9. The predicted octanol–water partition coefficient (Wildman–Crippen LogP) is 4.34. The zero-order valence-electron chi connectivity index (χ0n) is 24.3. The van der Waals surface area contributed by atoms with E-state index in [9.17, 15) is 19.2 Å². The summed E-state index contributed by atoms with van der Waals surface area (Å²) in [6.07, 6.45) is 0.526. The van der Waals surface area contributed by atoms with E-state index in [-0.39, 0.29) is 66.6 Å². The third-order valence-corrected chi connectivity index (χ3v) is 6.43. The summed E-state index contributed by atoms with van der Waals surface area (Å²) in [5.74, 6) is -1.82. The van der Waals surface area contributed by atoms with Crippen LogP contribution < -0.4 is 14.8 Å². The summed E-state index contributed by atoms with van der Waals surface area (Å²) in [4.78, 5) is 49.5. The summed E-state index contributed by atoms with van der Waals surface area (Å²) < 4.78 is 21.4. The van der Waals surface area contributed by atoms with Gasteiger partial charge in [0, 0.05) is 13.0 Å². The monoisotopic (exact) mass is 535 g/mol. The van der Waals surface area contributed by atoms with Crippen molar-refractivity contribution in [3.05, 3.63) is 23.8 Å². The third-order valence-electron chi connectivity index (χ3n) is 6.43. The highest BCUT2D eigenvalue weighted by molar-refractivity contribution is 5.79. The molecule has 0 amide bonds. The third kappa shape index (κ3) is 11.2. The first-order valence-electron chi connectivity index (χ1n) is 13.3. The van der Waals surface area contributed by atoms with Crippen molar-refractivity contribution in [2.45, 2.75) is 74.3 Å². The number of benzene rings is 1. The Balaban J connectivity index is 3.10. The average molecular weight is 536 g/mol. The van der Waals surface area contributed by atoms with Gasteiger partial charge in [0.25, 0.3) is 0 Å². The molecule has 2 unspecified atom stereocenters. The number of hydrogen-bond donors (Lipinski definition) is 1. The van der Waals surface area contributed by atoms with Gasteiger partial charge in [0.05, 0.1) is 18.9 Å². The van der Waals surface area contributed by atoms with Crippen LogP contribution in [0.2, 0.25) is 0 Å². The zero-order chi connectivity index (χ0) is 29.0. The zero-order valence-corrected chi connectivity index (χ0v) is 24.3. The van der Waals surface area contributed by atoms with E-state index >= 15 is 0 Å². The Labute approximate surface area is 226 Å². The van der Waals surface area contributed by atoms with Gasteiger partial charge >= 0.3 is 23.9 Å². The van der Waals surface area contributed by atoms with E-state index in [1.807, 2.05) is 41.5 Å². The maximum absolute atomic E-state index is 12.7. The van der Waals surface area contributed by atoms with Gasteiger partial charge in [0.15, 0.2) is 11.5 Å². The number of rotatable bonds is 15. The second-order valence-electron chi connectivity index (χ2n) is 10.7. The van der Waals surface area contributed by atoms with Gasteiger partial charge < -0.3 is 24.3 Å². The molecular formula is C29H45NO8. The summed E-state index contributed by atoms with van der Waals surface area (Å²) in [6, 6.07) is 4.11. The highest BCUT2D eigenvalue weighted by atomic mass is 16.6. The maximum atomic E-state index is 12.7. The Bertz CT molecular complexity index is 941. The molecule has 0 aliphatic carbocycles. The Hall–Kier alpha value is -2.94. The molecule has 9 nitrogen and oxygen atoms in total. The summed E-state index contributed by atoms with van der Waals surface area (Å²) in [7, 11) is 1.29. The lowest BCUT2D eigenvalue weighted by Crippen LogP contribution is -2.41. The molecule has 0 saturated heterocycles. The largest absolute Gasteiger partial charge is 0.468 e. The lowest BCUT2D eigenvalue weighted by Gasteiger charge is -2.20. The van der Waals surface area contributed by atoms with Crippen LogP contribution in [0.15, 0.2) is 18.2 Å². The molecule has 0 saturated carbocycles. The second kappa shape index (κ2) is 16.1. The van der Waals surface area contributed by atoms with E-state index in [1.165, 1.54) is 7.11 Å². The average Bonchev–Trinajstić information content (AvgIpc) is 2.84. The van der Waals surface area contributed by atoms with Gasteiger partial charge in [-0.1, -0.05) is 61.5 Å². The van der Waals surface area contributed by atoms with E-state index in [4.69, 9.17) is 18.9 Å². The van der Waals surface area contributed by atoms with Crippen molar-refractivity contribution in [2.75, 3.05) is 20.3 Å². The molecule has 0 aliphatic rings. The quantitative estimate of drug-likeness (QED) is 0.199. The van der Waals surface area contributed by atoms with Crippen LogP contribution in [0.1, 0.15) is 67.4 Å². The Kier molecular flexibility index (Phi) is 14.0. The molecule has 0 aliphatic heterocycles. The van der Waals surface area contributed by atoms with Crippen molar-refractivity contribution in [2.24, 2.45) is 29.6 Å². The number of methoxy groups -OCH3 is 1. The van der Waals surface area contributed by atoms with Gasteiger partial charge in [0.1, 0.15) is 12.6 Å². The fourth-order valence-electron chi connectivity index (χ4n) is 3.20. The molecule has 0 radical (unpaired) electrons. The van der Waals surface area contributed by atoms with E-state index in [1.54, 1.807) is 32.0 Å². The van der Waals surface area contributed by atoms with Crippen LogP contribution in [0.25, 0.3) is 0 Å². The first-order valence-corrected chi connectivity index (χ1v) is 13.3. The standard InChI is InChI=1S/C29H45NO8/c1-17(2)14-26(31)36-13-12-30-23(29(34)35-9)15-22-10-11-24(37-27(32)20(7)18(3)4)25(16-22)38-28(33)21(8)19(5)6/h10-11,16-21,23,30H,12-15H2,1-9H3/t20?,21?,23-/m0/s1. The van der Waals surface area contributed by atoms with Crippen molar-refractivity contribution in [3.63, 3.8) is 0 Å². The molecule has 38 heavy (non-hydrogen) atoms. The summed E-state index contributed by atoms with van der Waals surface area (Å²) in [5, 5.41) is 3.05. The van der Waals surface area contributed by atoms with Crippen LogP contribution in [-0.2, 0) is 35.1 Å². The molecular weight excluding hydrogens is 490 g/mol. The van der Waals surface area contributed by atoms with Gasteiger partial charge in [-0.2, -0.15) is 0 Å². The predicted molar refractivity (Wildman–Crippen MR) is 144 cm³/mol. The van der Waals surface area contributed by atoms with Gasteiger partial charge in [0.2, 0.25) is 0 Å². The molecule has 0 fully saturated rings. The van der Waals surface area contributed by atoms with E-state index < -0.39 is 23.9 Å². The van der Waals surface area contributed by atoms with Crippen molar-refractivity contribution in [1.29, 1.82) is 0 Å². The fraction of sp³-hybridized carbons (Fsp3) is 0.655. The Morgan fingerprint density at radius 1 is 0.789 bits per heavy atom. The fourth-order valence-corrected chi connectivity index (χ4v) is 3.20. The lowest BCUT2D eigenvalue weighted by molar-refractivity contribution is -0.145. The highest BCUT2D eigenvalue weighted by Gasteiger charge is 2.25. The van der Waals surface area contributed by atoms with E-state index in [2.05, 4.69) is 5.32 Å². The van der Waals surface area contributed by atoms with Crippen LogP contribution in [0.3, 0.4) is 0 Å². The van der Waals surface area contributed by atoms with Crippen molar-refractivity contribution >= 4 is 23.9 Å². The Morgan fingerprint density at radius 2 is 1.34 bits per heavy atom. The number of carbonyl (C=O) groups excluding carboxylic acids is 4. The van der Waals surface area contributed by atoms with Crippen LogP contribution >= 0.6 is 0 Å². The number of carbonyl (C=O) groups is 4.